The van der Waals surface area contributed by atoms with Crippen molar-refractivity contribution in [2.45, 2.75) is 31.2 Å². The van der Waals surface area contributed by atoms with Gasteiger partial charge in [0.1, 0.15) is 12.6 Å². The second-order valence-corrected chi connectivity index (χ2v) is 8.25. The maximum atomic E-state index is 13.8. The van der Waals surface area contributed by atoms with Gasteiger partial charge < -0.3 is 14.5 Å². The molecule has 3 saturated heterocycles. The van der Waals surface area contributed by atoms with E-state index in [2.05, 4.69) is 0 Å². The summed E-state index contributed by atoms with van der Waals surface area (Å²) in [5.74, 6) is 0.0659. The summed E-state index contributed by atoms with van der Waals surface area (Å²) in [4.78, 5) is 29.3. The van der Waals surface area contributed by atoms with E-state index in [9.17, 15) is 22.8 Å². The molecule has 3 atom stereocenters. The van der Waals surface area contributed by atoms with Crippen LogP contribution in [0.2, 0.25) is 0 Å². The molecule has 0 saturated carbocycles. The average molecular weight is 425 g/mol. The number of fused-ring (bicyclic) bond motifs is 1. The van der Waals surface area contributed by atoms with Crippen LogP contribution >= 0.6 is 0 Å². The molecule has 0 spiro atoms. The van der Waals surface area contributed by atoms with Gasteiger partial charge in [0, 0.05) is 51.6 Å². The molecule has 164 valence electrons. The number of piperidine rings is 1. The van der Waals surface area contributed by atoms with E-state index in [-0.39, 0.29) is 62.2 Å². The van der Waals surface area contributed by atoms with Crippen LogP contribution in [0.4, 0.5) is 18.0 Å². The number of urea groups is 1. The Balaban J connectivity index is 1.37. The zero-order chi connectivity index (χ0) is 21.3. The Bertz CT molecular complexity index is 766. The zero-order valence-corrected chi connectivity index (χ0v) is 16.7. The largest absolute Gasteiger partial charge is 0.408 e. The van der Waals surface area contributed by atoms with Crippen LogP contribution in [0, 0.1) is 5.92 Å². The van der Waals surface area contributed by atoms with E-state index in [1.165, 1.54) is 17.0 Å². The van der Waals surface area contributed by atoms with Gasteiger partial charge in [0.2, 0.25) is 0 Å². The lowest BCUT2D eigenvalue weighted by Crippen LogP contribution is -2.58. The van der Waals surface area contributed by atoms with E-state index in [4.69, 9.17) is 4.74 Å². The van der Waals surface area contributed by atoms with Crippen LogP contribution in [-0.4, -0.2) is 84.7 Å². The summed E-state index contributed by atoms with van der Waals surface area (Å²) in [5, 5.41) is 0. The highest BCUT2D eigenvalue weighted by Crippen LogP contribution is 2.38. The molecule has 1 aromatic rings. The van der Waals surface area contributed by atoms with E-state index in [1.54, 1.807) is 28.0 Å². The first-order chi connectivity index (χ1) is 14.3. The van der Waals surface area contributed by atoms with Gasteiger partial charge in [-0.15, -0.1) is 0 Å². The van der Waals surface area contributed by atoms with Gasteiger partial charge in [-0.25, -0.2) is 4.79 Å². The van der Waals surface area contributed by atoms with Crippen molar-refractivity contribution in [1.29, 1.82) is 0 Å². The third-order valence-corrected chi connectivity index (χ3v) is 6.26. The Kier molecular flexibility index (Phi) is 6.02. The number of Topliss-reactive ketones (excluding diaryl/α,β-unsaturated/α-hetero) is 1. The fourth-order valence-electron chi connectivity index (χ4n) is 4.76. The third-order valence-electron chi connectivity index (χ3n) is 6.26. The Morgan fingerprint density at radius 1 is 1.03 bits per heavy atom. The molecule has 0 aliphatic carbocycles. The molecular formula is C21H26F3N3O3. The number of likely N-dealkylation sites (tertiary alicyclic amines) is 1. The van der Waals surface area contributed by atoms with E-state index in [1.807, 2.05) is 0 Å². The van der Waals surface area contributed by atoms with E-state index < -0.39 is 12.2 Å². The summed E-state index contributed by atoms with van der Waals surface area (Å²) < 4.78 is 46.8. The molecule has 0 radical (unpaired) electrons. The highest BCUT2D eigenvalue weighted by molar-refractivity contribution is 5.81. The lowest BCUT2D eigenvalue weighted by molar-refractivity contribution is -0.189. The fraction of sp³-hybridized carbons (Fsp3) is 0.619. The molecule has 2 amide bonds. The number of nitrogens with zero attached hydrogens (tertiary/aromatic N) is 3. The maximum Gasteiger partial charge on any atom is 0.408 e. The number of carbonyl (C=O) groups is 2. The monoisotopic (exact) mass is 425 g/mol. The highest BCUT2D eigenvalue weighted by atomic mass is 19.4. The Morgan fingerprint density at radius 3 is 2.40 bits per heavy atom. The molecule has 3 heterocycles. The van der Waals surface area contributed by atoms with Crippen molar-refractivity contribution < 1.29 is 27.5 Å². The van der Waals surface area contributed by atoms with Crippen LogP contribution in [0.15, 0.2) is 30.3 Å². The lowest BCUT2D eigenvalue weighted by atomic mass is 9.88. The van der Waals surface area contributed by atoms with Gasteiger partial charge >= 0.3 is 12.2 Å². The summed E-state index contributed by atoms with van der Waals surface area (Å²) in [6, 6.07) is 6.07. The van der Waals surface area contributed by atoms with Crippen LogP contribution in [0.5, 0.6) is 0 Å². The van der Waals surface area contributed by atoms with Crippen molar-refractivity contribution in [3.63, 3.8) is 0 Å². The molecule has 9 heteroatoms. The SMILES string of the molecule is O=C1CO[C@H]2CCN(C(=O)N3CCN(C(c4ccccc4)C(F)(F)F)CC3)C[C@H]2C1. The first kappa shape index (κ1) is 21.1. The van der Waals surface area contributed by atoms with Crippen molar-refractivity contribution in [3.8, 4) is 0 Å². The Morgan fingerprint density at radius 2 is 1.73 bits per heavy atom. The van der Waals surface area contributed by atoms with E-state index in [0.717, 1.165) is 0 Å². The number of piperazine rings is 1. The maximum absolute atomic E-state index is 13.8. The molecule has 0 N–H and O–H groups in total. The first-order valence-electron chi connectivity index (χ1n) is 10.4. The van der Waals surface area contributed by atoms with Gasteiger partial charge in [-0.1, -0.05) is 30.3 Å². The molecule has 1 unspecified atom stereocenters. The predicted octanol–water partition coefficient (Wildman–Crippen LogP) is 2.71. The molecule has 3 fully saturated rings. The number of alkyl halides is 3. The van der Waals surface area contributed by atoms with Gasteiger partial charge in [0.25, 0.3) is 0 Å². The molecule has 3 aliphatic rings. The summed E-state index contributed by atoms with van der Waals surface area (Å²) in [6.45, 7) is 1.97. The second kappa shape index (κ2) is 8.55. The quantitative estimate of drug-likeness (QED) is 0.731. The van der Waals surface area contributed by atoms with Crippen LogP contribution in [0.1, 0.15) is 24.4 Å². The van der Waals surface area contributed by atoms with E-state index >= 15 is 0 Å². The normalized spacial score (nSPS) is 27.0. The summed E-state index contributed by atoms with van der Waals surface area (Å²) in [5.41, 5.74) is 0.216. The molecule has 30 heavy (non-hydrogen) atoms. The molecule has 6 nitrogen and oxygen atoms in total. The number of carbonyl (C=O) groups excluding carboxylic acids is 2. The standard InChI is InChI=1S/C21H26F3N3O3/c22-21(23,24)19(15-4-2-1-3-5-15)25-8-10-26(11-9-25)20(29)27-7-6-18-16(13-27)12-17(28)14-30-18/h1-5,16,18-19H,6-14H2/t16-,18+,19?/m1/s1. The van der Waals surface area contributed by atoms with Crippen LogP contribution < -0.4 is 0 Å². The predicted molar refractivity (Wildman–Crippen MR) is 103 cm³/mol. The van der Waals surface area contributed by atoms with Gasteiger partial charge in [-0.3, -0.25) is 9.69 Å². The molecule has 4 rings (SSSR count). The number of rotatable bonds is 2. The van der Waals surface area contributed by atoms with Gasteiger partial charge in [-0.2, -0.15) is 13.2 Å². The molecule has 3 aliphatic heterocycles. The van der Waals surface area contributed by atoms with Crippen LogP contribution in [-0.2, 0) is 9.53 Å². The lowest BCUT2D eigenvalue weighted by Gasteiger charge is -2.44. The van der Waals surface area contributed by atoms with Crippen molar-refractivity contribution >= 4 is 11.8 Å². The number of hydrogen-bond donors (Lipinski definition) is 0. The molecular weight excluding hydrogens is 399 g/mol. The minimum Gasteiger partial charge on any atom is -0.370 e. The van der Waals surface area contributed by atoms with Crippen molar-refractivity contribution in [2.24, 2.45) is 5.92 Å². The smallest absolute Gasteiger partial charge is 0.370 e. The van der Waals surface area contributed by atoms with Crippen LogP contribution in [0.25, 0.3) is 0 Å². The van der Waals surface area contributed by atoms with Gasteiger partial charge in [0.15, 0.2) is 5.78 Å². The topological polar surface area (TPSA) is 53.1 Å². The van der Waals surface area contributed by atoms with Crippen molar-refractivity contribution in [2.75, 3.05) is 45.9 Å². The average Bonchev–Trinajstić information content (AvgIpc) is 2.73. The highest BCUT2D eigenvalue weighted by Gasteiger charge is 2.46. The number of hydrogen-bond acceptors (Lipinski definition) is 4. The van der Waals surface area contributed by atoms with Gasteiger partial charge in [0.05, 0.1) is 6.10 Å². The summed E-state index contributed by atoms with van der Waals surface area (Å²) in [6.07, 6.45) is -3.26. The van der Waals surface area contributed by atoms with Crippen LogP contribution in [0.3, 0.4) is 0 Å². The number of ketones is 1. The fourth-order valence-corrected chi connectivity index (χ4v) is 4.76. The van der Waals surface area contributed by atoms with Gasteiger partial charge in [-0.05, 0) is 12.0 Å². The number of amides is 2. The minimum absolute atomic E-state index is 0.0120. The number of ether oxygens (including phenoxy) is 1. The Labute approximate surface area is 173 Å². The summed E-state index contributed by atoms with van der Waals surface area (Å²) >= 11 is 0. The molecule has 0 aromatic heterocycles. The zero-order valence-electron chi connectivity index (χ0n) is 16.7. The summed E-state index contributed by atoms with van der Waals surface area (Å²) in [7, 11) is 0. The first-order valence-corrected chi connectivity index (χ1v) is 10.4. The Hall–Kier alpha value is -2.13. The van der Waals surface area contributed by atoms with Crippen molar-refractivity contribution in [1.82, 2.24) is 14.7 Å². The third kappa shape index (κ3) is 4.46. The number of halogens is 3. The minimum atomic E-state index is -4.39. The second-order valence-electron chi connectivity index (χ2n) is 8.25. The van der Waals surface area contributed by atoms with E-state index in [0.29, 0.717) is 25.9 Å². The molecule has 0 bridgehead atoms. The molecule has 1 aromatic carbocycles. The number of benzene rings is 1. The van der Waals surface area contributed by atoms with Crippen molar-refractivity contribution in [3.05, 3.63) is 35.9 Å².